The summed E-state index contributed by atoms with van der Waals surface area (Å²) >= 11 is 0. The summed E-state index contributed by atoms with van der Waals surface area (Å²) in [5.41, 5.74) is 3.58. The summed E-state index contributed by atoms with van der Waals surface area (Å²) in [5.74, 6) is 1.32. The SMILES string of the molecule is COc1ccc(/C=C(/C#N)c2ccc(C)cc2)cc1OC. The molecule has 21 heavy (non-hydrogen) atoms. The van der Waals surface area contributed by atoms with Crippen molar-refractivity contribution in [2.24, 2.45) is 0 Å². The molecule has 3 nitrogen and oxygen atoms in total. The van der Waals surface area contributed by atoms with Crippen LogP contribution in [0.5, 0.6) is 11.5 Å². The summed E-state index contributed by atoms with van der Waals surface area (Å²) in [6, 6.07) is 15.7. The van der Waals surface area contributed by atoms with E-state index >= 15 is 0 Å². The van der Waals surface area contributed by atoms with Gasteiger partial charge in [-0.25, -0.2) is 0 Å². The lowest BCUT2D eigenvalue weighted by Crippen LogP contribution is -1.91. The van der Waals surface area contributed by atoms with E-state index in [-0.39, 0.29) is 0 Å². The molecule has 0 aliphatic rings. The van der Waals surface area contributed by atoms with Crippen molar-refractivity contribution in [3.8, 4) is 17.6 Å². The van der Waals surface area contributed by atoms with E-state index in [1.54, 1.807) is 14.2 Å². The second-order valence-corrected chi connectivity index (χ2v) is 4.65. The van der Waals surface area contributed by atoms with Crippen molar-refractivity contribution in [3.63, 3.8) is 0 Å². The van der Waals surface area contributed by atoms with Crippen LogP contribution in [0.3, 0.4) is 0 Å². The Labute approximate surface area is 125 Å². The van der Waals surface area contributed by atoms with E-state index in [2.05, 4.69) is 6.07 Å². The number of hydrogen-bond acceptors (Lipinski definition) is 3. The molecule has 0 unspecified atom stereocenters. The first-order valence-electron chi connectivity index (χ1n) is 6.59. The van der Waals surface area contributed by atoms with Crippen LogP contribution >= 0.6 is 0 Å². The number of nitrogens with zero attached hydrogens (tertiary/aromatic N) is 1. The summed E-state index contributed by atoms with van der Waals surface area (Å²) < 4.78 is 10.5. The number of hydrogen-bond donors (Lipinski definition) is 0. The van der Waals surface area contributed by atoms with Crippen molar-refractivity contribution in [1.82, 2.24) is 0 Å². The lowest BCUT2D eigenvalue weighted by molar-refractivity contribution is 0.355. The zero-order valence-electron chi connectivity index (χ0n) is 12.4. The molecule has 0 aliphatic heterocycles. The highest BCUT2D eigenvalue weighted by molar-refractivity contribution is 5.89. The van der Waals surface area contributed by atoms with E-state index in [0.717, 1.165) is 11.1 Å². The van der Waals surface area contributed by atoms with Gasteiger partial charge in [0, 0.05) is 0 Å². The molecule has 0 aliphatic carbocycles. The van der Waals surface area contributed by atoms with Crippen molar-refractivity contribution in [1.29, 1.82) is 5.26 Å². The topological polar surface area (TPSA) is 42.2 Å². The lowest BCUT2D eigenvalue weighted by Gasteiger charge is -2.08. The van der Waals surface area contributed by atoms with Gasteiger partial charge in [0.15, 0.2) is 11.5 Å². The van der Waals surface area contributed by atoms with Gasteiger partial charge in [-0.1, -0.05) is 35.9 Å². The molecule has 0 fully saturated rings. The number of ether oxygens (including phenoxy) is 2. The van der Waals surface area contributed by atoms with Gasteiger partial charge >= 0.3 is 0 Å². The Kier molecular flexibility index (Phi) is 4.63. The molecule has 2 rings (SSSR count). The summed E-state index contributed by atoms with van der Waals surface area (Å²) in [6.07, 6.45) is 1.84. The normalized spacial score (nSPS) is 10.9. The molecule has 0 aromatic heterocycles. The molecule has 0 radical (unpaired) electrons. The van der Waals surface area contributed by atoms with Crippen LogP contribution in [0.2, 0.25) is 0 Å². The van der Waals surface area contributed by atoms with Gasteiger partial charge in [0.2, 0.25) is 0 Å². The van der Waals surface area contributed by atoms with Gasteiger partial charge in [-0.3, -0.25) is 0 Å². The van der Waals surface area contributed by atoms with Crippen molar-refractivity contribution >= 4 is 11.6 Å². The van der Waals surface area contributed by atoms with Gasteiger partial charge in [-0.15, -0.1) is 0 Å². The third-order valence-electron chi connectivity index (χ3n) is 3.20. The molecule has 0 heterocycles. The van der Waals surface area contributed by atoms with Crippen LogP contribution in [0.1, 0.15) is 16.7 Å². The minimum atomic E-state index is 0.613. The molecule has 0 spiro atoms. The Balaban J connectivity index is 2.41. The molecule has 2 aromatic rings. The van der Waals surface area contributed by atoms with Gasteiger partial charge < -0.3 is 9.47 Å². The van der Waals surface area contributed by atoms with Gasteiger partial charge in [0.05, 0.1) is 25.9 Å². The van der Waals surface area contributed by atoms with Gasteiger partial charge in [0.25, 0.3) is 0 Å². The first-order valence-corrected chi connectivity index (χ1v) is 6.59. The summed E-state index contributed by atoms with van der Waals surface area (Å²) in [6.45, 7) is 2.02. The standard InChI is InChI=1S/C18H17NO2/c1-13-4-7-15(8-5-13)16(12-19)10-14-6-9-17(20-2)18(11-14)21-3/h4-11H,1-3H3/b16-10-. The highest BCUT2D eigenvalue weighted by Crippen LogP contribution is 2.29. The Bertz CT molecular complexity index is 694. The van der Waals surface area contributed by atoms with Crippen molar-refractivity contribution in [2.75, 3.05) is 14.2 Å². The predicted octanol–water partition coefficient (Wildman–Crippen LogP) is 4.08. The predicted molar refractivity (Wildman–Crippen MR) is 84.2 cm³/mol. The average molecular weight is 279 g/mol. The second-order valence-electron chi connectivity index (χ2n) is 4.65. The third-order valence-corrected chi connectivity index (χ3v) is 3.20. The van der Waals surface area contributed by atoms with Crippen molar-refractivity contribution in [3.05, 3.63) is 59.2 Å². The highest BCUT2D eigenvalue weighted by Gasteiger charge is 2.05. The number of benzene rings is 2. The number of allylic oxidation sites excluding steroid dienone is 1. The Morgan fingerprint density at radius 1 is 1.00 bits per heavy atom. The van der Waals surface area contributed by atoms with Crippen LogP contribution in [-0.2, 0) is 0 Å². The monoisotopic (exact) mass is 279 g/mol. The number of aryl methyl sites for hydroxylation is 1. The molecular weight excluding hydrogens is 262 g/mol. The van der Waals surface area contributed by atoms with E-state index in [9.17, 15) is 5.26 Å². The molecular formula is C18H17NO2. The highest BCUT2D eigenvalue weighted by atomic mass is 16.5. The minimum absolute atomic E-state index is 0.613. The molecule has 106 valence electrons. The number of methoxy groups -OCH3 is 2. The van der Waals surface area contributed by atoms with Crippen LogP contribution in [0.15, 0.2) is 42.5 Å². The lowest BCUT2D eigenvalue weighted by atomic mass is 10.0. The molecule has 0 amide bonds. The van der Waals surface area contributed by atoms with Crippen LogP contribution in [0.4, 0.5) is 0 Å². The molecule has 0 saturated carbocycles. The van der Waals surface area contributed by atoms with E-state index in [1.807, 2.05) is 55.5 Å². The summed E-state index contributed by atoms with van der Waals surface area (Å²) in [7, 11) is 3.19. The Morgan fingerprint density at radius 2 is 1.67 bits per heavy atom. The van der Waals surface area contributed by atoms with Crippen molar-refractivity contribution < 1.29 is 9.47 Å². The Hall–Kier alpha value is -2.73. The largest absolute Gasteiger partial charge is 0.493 e. The average Bonchev–Trinajstić information content (AvgIpc) is 2.53. The zero-order valence-corrected chi connectivity index (χ0v) is 12.4. The quantitative estimate of drug-likeness (QED) is 0.625. The van der Waals surface area contributed by atoms with Crippen molar-refractivity contribution in [2.45, 2.75) is 6.92 Å². The van der Waals surface area contributed by atoms with Gasteiger partial charge in [0.1, 0.15) is 0 Å². The fraction of sp³-hybridized carbons (Fsp3) is 0.167. The maximum Gasteiger partial charge on any atom is 0.161 e. The van der Waals surface area contributed by atoms with Gasteiger partial charge in [-0.05, 0) is 36.3 Å². The molecule has 3 heteroatoms. The van der Waals surface area contributed by atoms with E-state index < -0.39 is 0 Å². The van der Waals surface area contributed by atoms with Crippen LogP contribution < -0.4 is 9.47 Å². The fourth-order valence-electron chi connectivity index (χ4n) is 2.02. The first-order chi connectivity index (χ1) is 10.2. The van der Waals surface area contributed by atoms with Crippen LogP contribution in [0, 0.1) is 18.3 Å². The van der Waals surface area contributed by atoms with E-state index in [4.69, 9.17) is 9.47 Å². The summed E-state index contributed by atoms with van der Waals surface area (Å²) in [5, 5.41) is 9.36. The molecule has 0 saturated heterocycles. The zero-order chi connectivity index (χ0) is 15.2. The summed E-state index contributed by atoms with van der Waals surface area (Å²) in [4.78, 5) is 0. The fourth-order valence-corrected chi connectivity index (χ4v) is 2.02. The van der Waals surface area contributed by atoms with E-state index in [0.29, 0.717) is 17.1 Å². The molecule has 0 atom stereocenters. The van der Waals surface area contributed by atoms with Gasteiger partial charge in [-0.2, -0.15) is 5.26 Å². The third kappa shape index (κ3) is 3.43. The maximum absolute atomic E-state index is 9.36. The molecule has 0 bridgehead atoms. The molecule has 0 N–H and O–H groups in total. The van der Waals surface area contributed by atoms with Crippen LogP contribution in [-0.4, -0.2) is 14.2 Å². The van der Waals surface area contributed by atoms with Crippen LogP contribution in [0.25, 0.3) is 11.6 Å². The van der Waals surface area contributed by atoms with E-state index in [1.165, 1.54) is 5.56 Å². The molecule has 2 aromatic carbocycles. The smallest absolute Gasteiger partial charge is 0.161 e. The number of rotatable bonds is 4. The number of nitriles is 1. The minimum Gasteiger partial charge on any atom is -0.493 e. The Morgan fingerprint density at radius 3 is 2.24 bits per heavy atom. The second kappa shape index (κ2) is 6.62. The first kappa shape index (κ1) is 14.7. The maximum atomic E-state index is 9.36.